The number of carbonyl (C=O) groups is 1. The van der Waals surface area contributed by atoms with Gasteiger partial charge in [-0.3, -0.25) is 9.59 Å². The van der Waals surface area contributed by atoms with Crippen LogP contribution in [0.25, 0.3) is 17.1 Å². The molecule has 1 amide bonds. The summed E-state index contributed by atoms with van der Waals surface area (Å²) in [4.78, 5) is 34.9. The molecule has 30 heavy (non-hydrogen) atoms. The van der Waals surface area contributed by atoms with Crippen molar-refractivity contribution in [2.24, 2.45) is 5.92 Å². The fourth-order valence-electron chi connectivity index (χ4n) is 3.67. The summed E-state index contributed by atoms with van der Waals surface area (Å²) >= 11 is 6.33. The number of pyridine rings is 1. The van der Waals surface area contributed by atoms with Crippen LogP contribution < -0.4 is 16.2 Å². The lowest BCUT2D eigenvalue weighted by Crippen LogP contribution is -2.34. The molecule has 0 radical (unpaired) electrons. The molecule has 4 rings (SSSR count). The zero-order chi connectivity index (χ0) is 21.1. The minimum absolute atomic E-state index is 0.0741. The van der Waals surface area contributed by atoms with Crippen molar-refractivity contribution in [2.45, 2.75) is 31.7 Å². The summed E-state index contributed by atoms with van der Waals surface area (Å²) in [6, 6.07) is 5.06. The predicted octanol–water partition coefficient (Wildman–Crippen LogP) is 2.39. The molecule has 1 aliphatic rings. The molecule has 3 aromatic rings. The predicted molar refractivity (Wildman–Crippen MR) is 114 cm³/mol. The molecule has 1 saturated carbocycles. The van der Waals surface area contributed by atoms with Crippen molar-refractivity contribution < 1.29 is 4.79 Å². The zero-order valence-electron chi connectivity index (χ0n) is 16.4. The molecule has 3 N–H and O–H groups in total. The largest absolute Gasteiger partial charge is 0.359 e. The van der Waals surface area contributed by atoms with Gasteiger partial charge in [0, 0.05) is 36.8 Å². The number of aromatic nitrogens is 5. The fourth-order valence-corrected chi connectivity index (χ4v) is 3.87. The van der Waals surface area contributed by atoms with Crippen molar-refractivity contribution in [1.82, 2.24) is 30.0 Å². The second-order valence-electron chi connectivity index (χ2n) is 7.27. The van der Waals surface area contributed by atoms with Crippen LogP contribution in [0.3, 0.4) is 0 Å². The monoisotopic (exact) mass is 427 g/mol. The van der Waals surface area contributed by atoms with Crippen molar-refractivity contribution in [3.63, 3.8) is 0 Å². The Balaban J connectivity index is 1.49. The van der Waals surface area contributed by atoms with Crippen molar-refractivity contribution in [2.75, 3.05) is 12.4 Å². The van der Waals surface area contributed by atoms with Gasteiger partial charge in [0.05, 0.1) is 23.1 Å². The van der Waals surface area contributed by atoms with E-state index in [1.54, 1.807) is 42.5 Å². The van der Waals surface area contributed by atoms with Gasteiger partial charge in [0.25, 0.3) is 0 Å². The lowest BCUT2D eigenvalue weighted by molar-refractivity contribution is -0.125. The first-order valence-electron chi connectivity index (χ1n) is 9.79. The van der Waals surface area contributed by atoms with Gasteiger partial charge < -0.3 is 15.6 Å². The fraction of sp³-hybridized carbons (Fsp3) is 0.350. The van der Waals surface area contributed by atoms with Crippen LogP contribution >= 0.6 is 11.6 Å². The van der Waals surface area contributed by atoms with Crippen LogP contribution in [0.5, 0.6) is 0 Å². The maximum Gasteiger partial charge on any atom is 0.249 e. The molecular formula is C20H22ClN7O2. The summed E-state index contributed by atoms with van der Waals surface area (Å²) in [5, 5.41) is 10.8. The van der Waals surface area contributed by atoms with Crippen LogP contribution in [-0.2, 0) is 4.79 Å². The Morgan fingerprint density at radius 2 is 2.03 bits per heavy atom. The van der Waals surface area contributed by atoms with E-state index in [4.69, 9.17) is 11.6 Å². The molecule has 10 heteroatoms. The Kier molecular flexibility index (Phi) is 5.80. The number of amides is 1. The van der Waals surface area contributed by atoms with Crippen LogP contribution in [0.2, 0.25) is 5.02 Å². The maximum atomic E-state index is 11.8. The summed E-state index contributed by atoms with van der Waals surface area (Å²) in [6.07, 6.45) is 8.36. The maximum absolute atomic E-state index is 11.8. The van der Waals surface area contributed by atoms with Gasteiger partial charge in [0.1, 0.15) is 5.82 Å². The molecule has 1 fully saturated rings. The van der Waals surface area contributed by atoms with E-state index in [1.807, 2.05) is 0 Å². The van der Waals surface area contributed by atoms with Gasteiger partial charge >= 0.3 is 0 Å². The molecule has 3 aromatic heterocycles. The van der Waals surface area contributed by atoms with E-state index in [0.717, 1.165) is 25.7 Å². The highest BCUT2D eigenvalue weighted by Gasteiger charge is 2.26. The van der Waals surface area contributed by atoms with Crippen LogP contribution in [-0.4, -0.2) is 43.7 Å². The number of nitrogens with zero attached hydrogens (tertiary/aromatic N) is 4. The highest BCUT2D eigenvalue weighted by atomic mass is 35.5. The van der Waals surface area contributed by atoms with E-state index < -0.39 is 0 Å². The number of rotatable bonds is 5. The number of aromatic amines is 1. The normalized spacial score (nSPS) is 18.7. The lowest BCUT2D eigenvalue weighted by Gasteiger charge is -2.28. The quantitative estimate of drug-likeness (QED) is 0.575. The third-order valence-corrected chi connectivity index (χ3v) is 5.55. The Morgan fingerprint density at radius 1 is 1.23 bits per heavy atom. The molecule has 0 bridgehead atoms. The minimum Gasteiger partial charge on any atom is -0.359 e. The molecule has 156 valence electrons. The first-order chi connectivity index (χ1) is 14.5. The topological polar surface area (TPSA) is 118 Å². The van der Waals surface area contributed by atoms with Crippen LogP contribution in [0.1, 0.15) is 25.7 Å². The lowest BCUT2D eigenvalue weighted by atomic mass is 9.85. The van der Waals surface area contributed by atoms with E-state index in [-0.39, 0.29) is 23.4 Å². The van der Waals surface area contributed by atoms with E-state index in [0.29, 0.717) is 28.0 Å². The van der Waals surface area contributed by atoms with Gasteiger partial charge in [-0.2, -0.15) is 5.10 Å². The van der Waals surface area contributed by atoms with E-state index in [1.165, 1.54) is 6.07 Å². The van der Waals surface area contributed by atoms with Crippen molar-refractivity contribution in [3.05, 3.63) is 52.2 Å². The second kappa shape index (κ2) is 8.66. The van der Waals surface area contributed by atoms with Crippen LogP contribution in [0.15, 0.2) is 41.6 Å². The smallest absolute Gasteiger partial charge is 0.249 e. The summed E-state index contributed by atoms with van der Waals surface area (Å²) < 4.78 is 1.56. The molecule has 0 spiro atoms. The SMILES string of the molecule is CNC(=O)C1CCC(Nc2ncc(Cl)c(-c3cnn(-c4cccc(=O)[nH]4)c3)n2)CC1. The standard InChI is InChI=1S/C20H22ClN7O2/c1-22-19(30)12-5-7-14(8-6-12)25-20-23-10-15(21)18(27-20)13-9-24-28(11-13)16-3-2-4-17(29)26-16/h2-4,9-12,14H,5-8H2,1H3,(H,22,30)(H,26,29)(H,23,25,27). The zero-order valence-corrected chi connectivity index (χ0v) is 17.2. The third kappa shape index (κ3) is 4.35. The van der Waals surface area contributed by atoms with Gasteiger partial charge in [0.15, 0.2) is 0 Å². The molecule has 0 atom stereocenters. The first kappa shape index (κ1) is 20.1. The Hall–Kier alpha value is -3.20. The van der Waals surface area contributed by atoms with E-state index in [9.17, 15) is 9.59 Å². The van der Waals surface area contributed by atoms with Crippen molar-refractivity contribution >= 4 is 23.5 Å². The molecule has 9 nitrogen and oxygen atoms in total. The molecule has 0 saturated heterocycles. The Morgan fingerprint density at radius 3 is 2.77 bits per heavy atom. The van der Waals surface area contributed by atoms with Gasteiger partial charge in [-0.25, -0.2) is 14.6 Å². The number of hydrogen-bond donors (Lipinski definition) is 3. The van der Waals surface area contributed by atoms with Gasteiger partial charge in [-0.1, -0.05) is 17.7 Å². The first-order valence-corrected chi connectivity index (χ1v) is 10.2. The van der Waals surface area contributed by atoms with Gasteiger partial charge in [-0.15, -0.1) is 0 Å². The summed E-state index contributed by atoms with van der Waals surface area (Å²) in [5.74, 6) is 1.21. The van der Waals surface area contributed by atoms with E-state index in [2.05, 4.69) is 30.7 Å². The molecule has 0 aromatic carbocycles. The number of halogens is 1. The van der Waals surface area contributed by atoms with E-state index >= 15 is 0 Å². The molecule has 0 aliphatic heterocycles. The van der Waals surface area contributed by atoms with Crippen molar-refractivity contribution in [1.29, 1.82) is 0 Å². The average Bonchev–Trinajstić information content (AvgIpc) is 3.25. The third-order valence-electron chi connectivity index (χ3n) is 5.28. The summed E-state index contributed by atoms with van der Waals surface area (Å²) in [5.41, 5.74) is 1.05. The van der Waals surface area contributed by atoms with Crippen LogP contribution in [0, 0.1) is 5.92 Å². The summed E-state index contributed by atoms with van der Waals surface area (Å²) in [7, 11) is 1.67. The molecule has 3 heterocycles. The number of nitrogens with one attached hydrogen (secondary N) is 3. The highest BCUT2D eigenvalue weighted by molar-refractivity contribution is 6.32. The number of hydrogen-bond acceptors (Lipinski definition) is 6. The number of anilines is 1. The van der Waals surface area contributed by atoms with Crippen molar-refractivity contribution in [3.8, 4) is 17.1 Å². The van der Waals surface area contributed by atoms with Crippen LogP contribution in [0.4, 0.5) is 5.95 Å². The minimum atomic E-state index is -0.206. The number of H-pyrrole nitrogens is 1. The average molecular weight is 428 g/mol. The Bertz CT molecular complexity index is 1100. The van der Waals surface area contributed by atoms with Gasteiger partial charge in [0.2, 0.25) is 17.4 Å². The molecule has 1 aliphatic carbocycles. The second-order valence-corrected chi connectivity index (χ2v) is 7.68. The molecular weight excluding hydrogens is 406 g/mol. The Labute approximate surface area is 177 Å². The highest BCUT2D eigenvalue weighted by Crippen LogP contribution is 2.29. The van der Waals surface area contributed by atoms with Gasteiger partial charge in [-0.05, 0) is 31.7 Å². The number of carbonyl (C=O) groups excluding carboxylic acids is 1. The summed E-state index contributed by atoms with van der Waals surface area (Å²) in [6.45, 7) is 0. The molecule has 0 unspecified atom stereocenters.